The van der Waals surface area contributed by atoms with Gasteiger partial charge in [0.2, 0.25) is 28.3 Å². The van der Waals surface area contributed by atoms with Crippen LogP contribution in [0.4, 0.5) is 0 Å². The lowest BCUT2D eigenvalue weighted by molar-refractivity contribution is 1.11. The van der Waals surface area contributed by atoms with Gasteiger partial charge in [-0.25, -0.2) is 0 Å². The maximum absolute atomic E-state index is 2.56. The first-order valence-electron chi connectivity index (χ1n) is 5.71. The Morgan fingerprint density at radius 1 is 0.750 bits per heavy atom. The molecule has 0 saturated carbocycles. The molecule has 0 radical (unpaired) electrons. The molecule has 0 spiro atoms. The smallest absolute Gasteiger partial charge is 0.126 e. The molecule has 0 atom stereocenters. The largest absolute Gasteiger partial charge is 0.250 e. The van der Waals surface area contributed by atoms with E-state index in [-0.39, 0.29) is 28.3 Å². The molecular weight excluding hydrogens is 174 g/mol. The second-order valence-electron chi connectivity index (χ2n) is 4.01. The van der Waals surface area contributed by atoms with Gasteiger partial charge in [-0.15, -0.1) is 3.64 Å². The summed E-state index contributed by atoms with van der Waals surface area (Å²) in [6, 6.07) is 0. The fraction of sp³-hybridized carbons (Fsp3) is 1.00. The molecule has 0 aliphatic carbocycles. The van der Waals surface area contributed by atoms with Gasteiger partial charge in [0.1, 0.15) is 0 Å². The Balaban J connectivity index is 4.02. The quantitative estimate of drug-likeness (QED) is 0.566. The summed E-state index contributed by atoms with van der Waals surface area (Å²) in [7, 11) is 0. The molecule has 0 fully saturated rings. The van der Waals surface area contributed by atoms with Crippen molar-refractivity contribution in [1.29, 1.82) is 0 Å². The summed E-state index contributed by atoms with van der Waals surface area (Å²) in [6.07, 6.45) is 0. The first-order valence-corrected chi connectivity index (χ1v) is 10.3. The Kier molecular flexibility index (Phi) is 8.13. The first kappa shape index (κ1) is 13.1. The van der Waals surface area contributed by atoms with E-state index in [1.54, 1.807) is 0 Å². The van der Waals surface area contributed by atoms with E-state index in [0.29, 0.717) is 0 Å². The van der Waals surface area contributed by atoms with E-state index >= 15 is 0 Å². The maximum atomic E-state index is 2.56. The lowest BCUT2D eigenvalue weighted by Gasteiger charge is -2.21. The zero-order valence-electron chi connectivity index (χ0n) is 9.56. The normalized spacial score (nSPS) is 10.5. The Labute approximate surface area is 87.5 Å². The van der Waals surface area contributed by atoms with Crippen LogP contribution in [0.15, 0.2) is 0 Å². The summed E-state index contributed by atoms with van der Waals surface area (Å²) in [4.78, 5) is 0. The third-order valence-corrected chi connectivity index (χ3v) is 14.0. The first-order chi connectivity index (χ1) is 5.71. The summed E-state index contributed by atoms with van der Waals surface area (Å²) in [5.41, 5.74) is 0. The van der Waals surface area contributed by atoms with Crippen LogP contribution in [0.25, 0.3) is 0 Å². The van der Waals surface area contributed by atoms with Gasteiger partial charge in [0.25, 0.3) is 0 Å². The standard InChI is InChI=1S/4C2H5.C2H4.2Al/c5*1-2;;/h4*1H2,2H3;1H,2H3;;. The Bertz CT molecular complexity index is 84.0. The van der Waals surface area contributed by atoms with Crippen molar-refractivity contribution in [3.63, 3.8) is 0 Å². The SMILES string of the molecule is C[CH2][Al]([CH2]C)[CH](C)[Al]([CH2]C)[CH2]C. The van der Waals surface area contributed by atoms with Gasteiger partial charge < -0.3 is 0 Å². The summed E-state index contributed by atoms with van der Waals surface area (Å²) in [6.45, 7) is 12.2. The second kappa shape index (κ2) is 7.47. The minimum absolute atomic E-state index is 0.318. The Morgan fingerprint density at radius 2 is 1.00 bits per heavy atom. The zero-order valence-corrected chi connectivity index (χ0v) is 11.9. The van der Waals surface area contributed by atoms with Crippen molar-refractivity contribution in [2.45, 2.75) is 59.4 Å². The van der Waals surface area contributed by atoms with Crippen molar-refractivity contribution in [2.24, 2.45) is 0 Å². The second-order valence-corrected chi connectivity index (χ2v) is 13.2. The Hall–Kier alpha value is 1.06. The van der Waals surface area contributed by atoms with Gasteiger partial charge in [-0.05, 0) is 0 Å². The van der Waals surface area contributed by atoms with Crippen LogP contribution in [0.3, 0.4) is 0 Å². The summed E-state index contributed by atoms with van der Waals surface area (Å²) in [5.74, 6) is 0. The van der Waals surface area contributed by atoms with Crippen LogP contribution in [-0.2, 0) is 0 Å². The molecule has 0 aromatic rings. The molecule has 0 heterocycles. The van der Waals surface area contributed by atoms with Crippen LogP contribution in [0, 0.1) is 0 Å². The van der Waals surface area contributed by atoms with Crippen LogP contribution in [0.1, 0.15) is 34.6 Å². The van der Waals surface area contributed by atoms with Crippen LogP contribution in [-0.4, -0.2) is 28.3 Å². The van der Waals surface area contributed by atoms with E-state index in [0.717, 1.165) is 0 Å². The molecule has 0 bridgehead atoms. The fourth-order valence-corrected chi connectivity index (χ4v) is 12.9. The molecule has 0 nitrogen and oxygen atoms in total. The van der Waals surface area contributed by atoms with Gasteiger partial charge in [0.15, 0.2) is 0 Å². The molecule has 0 unspecified atom stereocenters. The van der Waals surface area contributed by atoms with Gasteiger partial charge >= 0.3 is 0 Å². The van der Waals surface area contributed by atoms with Crippen molar-refractivity contribution in [3.8, 4) is 0 Å². The molecule has 0 N–H and O–H groups in total. The number of hydrogen-bond donors (Lipinski definition) is 0. The molecule has 0 amide bonds. The van der Waals surface area contributed by atoms with Gasteiger partial charge in [0.05, 0.1) is 0 Å². The summed E-state index contributed by atoms with van der Waals surface area (Å²) < 4.78 is 1.20. The molecule has 0 aliphatic rings. The van der Waals surface area contributed by atoms with E-state index in [4.69, 9.17) is 0 Å². The van der Waals surface area contributed by atoms with Crippen LogP contribution in [0.5, 0.6) is 0 Å². The third kappa shape index (κ3) is 3.85. The molecular formula is C10H24Al2. The molecule has 0 rings (SSSR count). The Morgan fingerprint density at radius 3 is 1.17 bits per heavy atom. The lowest BCUT2D eigenvalue weighted by atomic mass is 10.9. The number of rotatable bonds is 6. The third-order valence-electron chi connectivity index (χ3n) is 3.58. The van der Waals surface area contributed by atoms with Crippen LogP contribution in [0.2, 0.25) is 24.8 Å². The molecule has 2 heteroatoms. The molecule has 70 valence electrons. The number of hydrogen-bond acceptors (Lipinski definition) is 0. The van der Waals surface area contributed by atoms with Gasteiger partial charge in [0, 0.05) is 0 Å². The minimum Gasteiger partial charge on any atom is -0.126 e. The van der Waals surface area contributed by atoms with E-state index in [9.17, 15) is 0 Å². The highest BCUT2D eigenvalue weighted by Crippen LogP contribution is 2.23. The molecule has 0 aromatic heterocycles. The van der Waals surface area contributed by atoms with Crippen molar-refractivity contribution < 1.29 is 0 Å². The summed E-state index contributed by atoms with van der Waals surface area (Å²) in [5, 5.41) is 6.12. The molecule has 12 heavy (non-hydrogen) atoms. The fourth-order valence-electron chi connectivity index (χ4n) is 2.45. The van der Waals surface area contributed by atoms with Crippen LogP contribution < -0.4 is 0 Å². The maximum Gasteiger partial charge on any atom is 0.250 e. The zero-order chi connectivity index (χ0) is 9.56. The highest BCUT2D eigenvalue weighted by Gasteiger charge is 2.29. The van der Waals surface area contributed by atoms with E-state index < -0.39 is 0 Å². The average Bonchev–Trinajstić information content (AvgIpc) is 2.09. The van der Waals surface area contributed by atoms with Crippen molar-refractivity contribution >= 4 is 28.3 Å². The highest BCUT2D eigenvalue weighted by molar-refractivity contribution is 6.79. The highest BCUT2D eigenvalue weighted by atomic mass is 27.2. The predicted molar refractivity (Wildman–Crippen MR) is 62.9 cm³/mol. The lowest BCUT2D eigenvalue weighted by Crippen LogP contribution is -2.29. The van der Waals surface area contributed by atoms with Gasteiger partial charge in [-0.1, -0.05) is 55.7 Å². The van der Waals surface area contributed by atoms with Crippen molar-refractivity contribution in [1.82, 2.24) is 0 Å². The molecule has 0 aliphatic heterocycles. The topological polar surface area (TPSA) is 0 Å². The van der Waals surface area contributed by atoms with Crippen molar-refractivity contribution in [3.05, 3.63) is 0 Å². The molecule has 0 aromatic carbocycles. The minimum atomic E-state index is -0.318. The van der Waals surface area contributed by atoms with Crippen LogP contribution >= 0.6 is 0 Å². The predicted octanol–water partition coefficient (Wildman–Crippen LogP) is 3.98. The van der Waals surface area contributed by atoms with E-state index in [1.807, 2.05) is 0 Å². The summed E-state index contributed by atoms with van der Waals surface area (Å²) >= 11 is -0.635. The monoisotopic (exact) mass is 198 g/mol. The van der Waals surface area contributed by atoms with Gasteiger partial charge in [-0.3, -0.25) is 0 Å². The average molecular weight is 198 g/mol. The van der Waals surface area contributed by atoms with Gasteiger partial charge in [-0.2, -0.15) is 0 Å². The van der Waals surface area contributed by atoms with E-state index in [2.05, 4.69) is 34.6 Å². The van der Waals surface area contributed by atoms with Crippen molar-refractivity contribution in [2.75, 3.05) is 0 Å². The van der Waals surface area contributed by atoms with E-state index in [1.165, 1.54) is 24.8 Å². The molecule has 0 saturated heterocycles.